The molecular weight excluding hydrogens is 158 g/mol. The minimum absolute atomic E-state index is 0.463. The van der Waals surface area contributed by atoms with E-state index in [0.717, 1.165) is 0 Å². The number of hydrogen-bond acceptors (Lipinski definition) is 4. The average molecular weight is 167 g/mol. The molecule has 1 aromatic carbocycles. The van der Waals surface area contributed by atoms with Gasteiger partial charge < -0.3 is 4.74 Å². The molecule has 0 bridgehead atoms. The quantitative estimate of drug-likeness (QED) is 0.433. The molecule has 0 unspecified atom stereocenters. The van der Waals surface area contributed by atoms with Crippen LogP contribution in [0.5, 0.6) is 5.75 Å². The summed E-state index contributed by atoms with van der Waals surface area (Å²) in [5, 5.41) is 0. The number of carbonyl (C=O) groups is 1. The van der Waals surface area contributed by atoms with Gasteiger partial charge in [-0.15, -0.1) is 0 Å². The Morgan fingerprint density at radius 3 is 2.58 bits per heavy atom. The Morgan fingerprint density at radius 2 is 2.00 bits per heavy atom. The number of amides is 1. The monoisotopic (exact) mass is 167 g/mol. The van der Waals surface area contributed by atoms with Gasteiger partial charge in [-0.3, -0.25) is 5.84 Å². The highest BCUT2D eigenvalue weighted by molar-refractivity contribution is 5.69. The molecule has 1 rings (SSSR count). The summed E-state index contributed by atoms with van der Waals surface area (Å²) in [4.78, 5) is 10.7. The maximum absolute atomic E-state index is 10.7. The van der Waals surface area contributed by atoms with Crippen LogP contribution in [0.3, 0.4) is 0 Å². The van der Waals surface area contributed by atoms with E-state index in [4.69, 9.17) is 10.6 Å². The van der Waals surface area contributed by atoms with E-state index in [-0.39, 0.29) is 0 Å². The van der Waals surface area contributed by atoms with Gasteiger partial charge in [0.25, 0.3) is 0 Å². The molecule has 5 heteroatoms. The van der Waals surface area contributed by atoms with Crippen LogP contribution in [0.2, 0.25) is 0 Å². The van der Waals surface area contributed by atoms with Gasteiger partial charge in [-0.2, -0.15) is 5.53 Å². The van der Waals surface area contributed by atoms with Crippen molar-refractivity contribution in [1.29, 1.82) is 0 Å². The molecule has 0 heterocycles. The Balaban J connectivity index is 2.47. The second-order valence-electron chi connectivity index (χ2n) is 1.97. The summed E-state index contributed by atoms with van der Waals surface area (Å²) < 4.78 is 4.76. The molecule has 0 aromatic heterocycles. The highest BCUT2D eigenvalue weighted by Gasteiger charge is 1.99. The number of nitrogens with two attached hydrogens (primary N) is 1. The molecule has 0 spiro atoms. The number of hydrogen-bond donors (Lipinski definition) is 3. The van der Waals surface area contributed by atoms with Crippen LogP contribution in [0, 0.1) is 0 Å². The Kier molecular flexibility index (Phi) is 3.06. The topological polar surface area (TPSA) is 76.4 Å². The van der Waals surface area contributed by atoms with Crippen LogP contribution in [0.1, 0.15) is 0 Å². The van der Waals surface area contributed by atoms with Gasteiger partial charge in [0.15, 0.2) is 0 Å². The maximum atomic E-state index is 10.7. The van der Waals surface area contributed by atoms with E-state index in [1.807, 2.05) is 11.6 Å². The van der Waals surface area contributed by atoms with Crippen molar-refractivity contribution in [2.45, 2.75) is 0 Å². The van der Waals surface area contributed by atoms with E-state index in [9.17, 15) is 4.79 Å². The van der Waals surface area contributed by atoms with Gasteiger partial charge in [0.05, 0.1) is 0 Å². The van der Waals surface area contributed by atoms with Gasteiger partial charge in [0.1, 0.15) is 5.75 Å². The molecule has 0 atom stereocenters. The summed E-state index contributed by atoms with van der Waals surface area (Å²) >= 11 is 0. The van der Waals surface area contributed by atoms with Crippen molar-refractivity contribution < 1.29 is 9.53 Å². The molecule has 12 heavy (non-hydrogen) atoms. The molecule has 0 radical (unpaired) electrons. The highest BCUT2D eigenvalue weighted by Crippen LogP contribution is 2.07. The zero-order chi connectivity index (χ0) is 8.81. The predicted octanol–water partition coefficient (Wildman–Crippen LogP) is 0.153. The summed E-state index contributed by atoms with van der Waals surface area (Å²) in [6, 6.07) is 8.68. The lowest BCUT2D eigenvalue weighted by Gasteiger charge is -2.03. The van der Waals surface area contributed by atoms with Gasteiger partial charge in [-0.1, -0.05) is 18.2 Å². The van der Waals surface area contributed by atoms with Gasteiger partial charge in [-0.05, 0) is 12.1 Å². The molecule has 0 fully saturated rings. The fourth-order valence-corrected chi connectivity index (χ4v) is 0.680. The Labute approximate surface area is 69.5 Å². The summed E-state index contributed by atoms with van der Waals surface area (Å²) in [5.74, 6) is 5.28. The van der Waals surface area contributed by atoms with E-state index >= 15 is 0 Å². The van der Waals surface area contributed by atoms with Gasteiger partial charge in [-0.25, -0.2) is 10.2 Å². The van der Waals surface area contributed by atoms with Crippen molar-refractivity contribution in [2.24, 2.45) is 5.84 Å². The van der Waals surface area contributed by atoms with Crippen LogP contribution in [-0.4, -0.2) is 6.09 Å². The lowest BCUT2D eigenvalue weighted by Crippen LogP contribution is -2.43. The summed E-state index contributed by atoms with van der Waals surface area (Å²) in [6.45, 7) is 0. The molecule has 0 aliphatic rings. The molecule has 1 amide bonds. The third-order valence-electron chi connectivity index (χ3n) is 1.13. The minimum Gasteiger partial charge on any atom is -0.409 e. The van der Waals surface area contributed by atoms with Crippen LogP contribution in [0.25, 0.3) is 0 Å². The number of rotatable bonds is 2. The molecule has 4 N–H and O–H groups in total. The van der Waals surface area contributed by atoms with Crippen LogP contribution >= 0.6 is 0 Å². The van der Waals surface area contributed by atoms with Crippen molar-refractivity contribution in [3.63, 3.8) is 0 Å². The second kappa shape index (κ2) is 4.32. The number of carbonyl (C=O) groups excluding carboxylic acids is 1. The van der Waals surface area contributed by atoms with Gasteiger partial charge in [0.2, 0.25) is 0 Å². The van der Waals surface area contributed by atoms with Crippen molar-refractivity contribution >= 4 is 6.09 Å². The fraction of sp³-hybridized carbons (Fsp3) is 0. The zero-order valence-electron chi connectivity index (χ0n) is 6.28. The first-order chi connectivity index (χ1) is 5.83. The number of hydrazine groups is 2. The predicted molar refractivity (Wildman–Crippen MR) is 42.9 cm³/mol. The normalized spacial score (nSPS) is 9.08. The van der Waals surface area contributed by atoms with Crippen molar-refractivity contribution in [3.05, 3.63) is 30.3 Å². The zero-order valence-corrected chi connectivity index (χ0v) is 6.28. The van der Waals surface area contributed by atoms with Crippen LogP contribution in [0.4, 0.5) is 4.79 Å². The summed E-state index contributed by atoms with van der Waals surface area (Å²) in [6.07, 6.45) is -0.649. The SMILES string of the molecule is NNNC(=O)Oc1ccccc1. The largest absolute Gasteiger partial charge is 0.428 e. The van der Waals surface area contributed by atoms with Crippen LogP contribution in [-0.2, 0) is 0 Å². The Hall–Kier alpha value is -1.59. The number of ether oxygens (including phenoxy) is 1. The van der Waals surface area contributed by atoms with E-state index in [1.54, 1.807) is 24.3 Å². The third kappa shape index (κ3) is 2.57. The average Bonchev–Trinajstić information content (AvgIpc) is 2.06. The Morgan fingerprint density at radius 1 is 1.33 bits per heavy atom. The van der Waals surface area contributed by atoms with E-state index in [1.165, 1.54) is 0 Å². The summed E-state index contributed by atoms with van der Waals surface area (Å²) in [7, 11) is 0. The van der Waals surface area contributed by atoms with Crippen molar-refractivity contribution in [2.75, 3.05) is 0 Å². The van der Waals surface area contributed by atoms with Crippen molar-refractivity contribution in [3.8, 4) is 5.75 Å². The smallest absolute Gasteiger partial charge is 0.409 e. The number of nitrogens with one attached hydrogen (secondary N) is 2. The number of para-hydroxylation sites is 1. The standard InChI is InChI=1S/C7H9N3O2/c8-10-9-7(11)12-6-4-2-1-3-5-6/h1-5,10H,8H2,(H,9,11). The maximum Gasteiger partial charge on any atom is 0.428 e. The van der Waals surface area contributed by atoms with Gasteiger partial charge in [0, 0.05) is 0 Å². The molecule has 0 saturated carbocycles. The Bertz CT molecular complexity index is 250. The first kappa shape index (κ1) is 8.51. The molecule has 0 aliphatic heterocycles. The minimum atomic E-state index is -0.649. The van der Waals surface area contributed by atoms with Gasteiger partial charge >= 0.3 is 6.09 Å². The molecule has 1 aromatic rings. The number of benzene rings is 1. The molecule has 0 saturated heterocycles. The fourth-order valence-electron chi connectivity index (χ4n) is 0.680. The molecular formula is C7H9N3O2. The lowest BCUT2D eigenvalue weighted by molar-refractivity contribution is 0.195. The van der Waals surface area contributed by atoms with Crippen LogP contribution in [0.15, 0.2) is 30.3 Å². The van der Waals surface area contributed by atoms with Crippen molar-refractivity contribution in [1.82, 2.24) is 11.0 Å². The third-order valence-corrected chi connectivity index (χ3v) is 1.13. The second-order valence-corrected chi connectivity index (χ2v) is 1.97. The molecule has 64 valence electrons. The lowest BCUT2D eigenvalue weighted by atomic mass is 10.3. The first-order valence-electron chi connectivity index (χ1n) is 3.31. The first-order valence-corrected chi connectivity index (χ1v) is 3.31. The van der Waals surface area contributed by atoms with E-state index < -0.39 is 6.09 Å². The molecule has 0 aliphatic carbocycles. The van der Waals surface area contributed by atoms with E-state index in [0.29, 0.717) is 5.75 Å². The van der Waals surface area contributed by atoms with E-state index in [2.05, 4.69) is 5.43 Å². The van der Waals surface area contributed by atoms with Crippen LogP contribution < -0.4 is 21.5 Å². The highest BCUT2D eigenvalue weighted by atomic mass is 16.6. The molecule has 5 nitrogen and oxygen atoms in total. The summed E-state index contributed by atoms with van der Waals surface area (Å²) in [5.41, 5.74) is 4.02.